The number of benzene rings is 7. The van der Waals surface area contributed by atoms with Gasteiger partial charge in [-0.1, -0.05) is 140 Å². The first-order chi connectivity index (χ1) is 24.8. The van der Waals surface area contributed by atoms with Gasteiger partial charge in [-0.2, -0.15) is 0 Å². The maximum atomic E-state index is 2.50. The minimum Gasteiger partial charge on any atom is -0.333 e. The fraction of sp³-hybridized carbons (Fsp3) is 0.0417. The van der Waals surface area contributed by atoms with Gasteiger partial charge >= 0.3 is 0 Å². The fourth-order valence-corrected chi connectivity index (χ4v) is 8.17. The maximum Gasteiger partial charge on any atom is 0.0629 e. The number of aromatic nitrogens is 1. The number of hydrogen-bond acceptors (Lipinski definition) is 1. The third-order valence-electron chi connectivity index (χ3n) is 10.5. The number of hydrogen-bond donors (Lipinski definition) is 0. The third kappa shape index (κ3) is 4.64. The quantitative estimate of drug-likeness (QED) is 0.182. The Kier molecular flexibility index (Phi) is 6.67. The van der Waals surface area contributed by atoms with Crippen LogP contribution in [0.25, 0.3) is 60.9 Å². The lowest BCUT2D eigenvalue weighted by atomic mass is 9.90. The summed E-state index contributed by atoms with van der Waals surface area (Å²) in [5.41, 5.74) is 14.8. The van der Waals surface area contributed by atoms with Crippen molar-refractivity contribution in [2.24, 2.45) is 0 Å². The lowest BCUT2D eigenvalue weighted by molar-refractivity contribution is 0.745. The molecule has 8 aromatic rings. The second-order valence-corrected chi connectivity index (χ2v) is 13.3. The average molecular weight is 639 g/mol. The van der Waals surface area contributed by atoms with E-state index in [9.17, 15) is 0 Å². The van der Waals surface area contributed by atoms with Crippen LogP contribution in [0, 0.1) is 0 Å². The molecule has 0 saturated heterocycles. The molecule has 1 aliphatic carbocycles. The van der Waals surface area contributed by atoms with Gasteiger partial charge in [0.25, 0.3) is 0 Å². The van der Waals surface area contributed by atoms with Crippen LogP contribution in [0.15, 0.2) is 194 Å². The Hall–Kier alpha value is -6.38. The Labute approximate surface area is 292 Å². The Morgan fingerprint density at radius 2 is 0.940 bits per heavy atom. The molecule has 0 fully saturated rings. The highest BCUT2D eigenvalue weighted by molar-refractivity contribution is 6.10. The van der Waals surface area contributed by atoms with Crippen molar-refractivity contribution in [3.8, 4) is 39.1 Å². The van der Waals surface area contributed by atoms with E-state index in [0.29, 0.717) is 5.92 Å². The van der Waals surface area contributed by atoms with Gasteiger partial charge < -0.3 is 9.47 Å². The number of fused-ring (bicyclic) bond motifs is 6. The van der Waals surface area contributed by atoms with Crippen LogP contribution in [-0.2, 0) is 0 Å². The molecule has 50 heavy (non-hydrogen) atoms. The van der Waals surface area contributed by atoms with Crippen molar-refractivity contribution < 1.29 is 0 Å². The minimum absolute atomic E-state index is 0.287. The van der Waals surface area contributed by atoms with Crippen molar-refractivity contribution in [3.63, 3.8) is 0 Å². The van der Waals surface area contributed by atoms with E-state index in [4.69, 9.17) is 0 Å². The average Bonchev–Trinajstić information content (AvgIpc) is 3.71. The van der Waals surface area contributed by atoms with Crippen molar-refractivity contribution in [2.75, 3.05) is 4.90 Å². The summed E-state index contributed by atoms with van der Waals surface area (Å²) in [5, 5.41) is 2.54. The smallest absolute Gasteiger partial charge is 0.0629 e. The lowest BCUT2D eigenvalue weighted by Crippen LogP contribution is -2.28. The van der Waals surface area contributed by atoms with Crippen LogP contribution in [0.2, 0.25) is 0 Å². The van der Waals surface area contributed by atoms with Gasteiger partial charge in [-0.3, -0.25) is 0 Å². The molecule has 236 valence electrons. The highest BCUT2D eigenvalue weighted by Crippen LogP contribution is 2.49. The summed E-state index contributed by atoms with van der Waals surface area (Å²) in [5.74, 6) is 0.353. The monoisotopic (exact) mass is 638 g/mol. The van der Waals surface area contributed by atoms with E-state index in [2.05, 4.69) is 204 Å². The molecule has 0 saturated carbocycles. The molecular formula is C48H34N2. The van der Waals surface area contributed by atoms with Gasteiger partial charge in [0, 0.05) is 33.8 Å². The second kappa shape index (κ2) is 11.6. The molecule has 7 aromatic carbocycles. The number of anilines is 2. The molecular weight excluding hydrogens is 605 g/mol. The highest BCUT2D eigenvalue weighted by atomic mass is 15.2. The van der Waals surface area contributed by atoms with Crippen molar-refractivity contribution in [2.45, 2.75) is 12.0 Å². The minimum atomic E-state index is 0.287. The van der Waals surface area contributed by atoms with E-state index in [0.717, 1.165) is 0 Å². The number of para-hydroxylation sites is 3. The lowest BCUT2D eigenvalue weighted by Gasteiger charge is -2.28. The highest BCUT2D eigenvalue weighted by Gasteiger charge is 2.37. The van der Waals surface area contributed by atoms with Crippen LogP contribution in [0.4, 0.5) is 11.4 Å². The summed E-state index contributed by atoms with van der Waals surface area (Å²) >= 11 is 0. The maximum absolute atomic E-state index is 2.50. The predicted octanol–water partition coefficient (Wildman–Crippen LogP) is 12.5. The van der Waals surface area contributed by atoms with Crippen molar-refractivity contribution in [1.82, 2.24) is 4.57 Å². The Morgan fingerprint density at radius 1 is 0.380 bits per heavy atom. The number of allylic oxidation sites excluding steroid dienone is 2. The third-order valence-corrected chi connectivity index (χ3v) is 10.5. The fourth-order valence-electron chi connectivity index (χ4n) is 8.17. The van der Waals surface area contributed by atoms with E-state index in [1.807, 2.05) is 0 Å². The molecule has 2 atom stereocenters. The van der Waals surface area contributed by atoms with Crippen molar-refractivity contribution >= 4 is 33.2 Å². The number of nitrogens with zero attached hydrogens (tertiary/aromatic N) is 2. The topological polar surface area (TPSA) is 8.17 Å². The summed E-state index contributed by atoms with van der Waals surface area (Å²) in [7, 11) is 0. The summed E-state index contributed by atoms with van der Waals surface area (Å²) in [4.78, 5) is 2.50. The van der Waals surface area contributed by atoms with E-state index in [-0.39, 0.29) is 6.04 Å². The van der Waals surface area contributed by atoms with Crippen LogP contribution in [-0.4, -0.2) is 10.6 Å². The molecule has 10 rings (SSSR count). The van der Waals surface area contributed by atoms with E-state index < -0.39 is 0 Å². The van der Waals surface area contributed by atoms with E-state index in [1.165, 1.54) is 77.8 Å². The molecule has 0 radical (unpaired) electrons. The van der Waals surface area contributed by atoms with Gasteiger partial charge in [0.05, 0.1) is 17.1 Å². The zero-order chi connectivity index (χ0) is 33.0. The first-order valence-corrected chi connectivity index (χ1v) is 17.4. The Morgan fingerprint density at radius 3 is 1.66 bits per heavy atom. The van der Waals surface area contributed by atoms with Gasteiger partial charge in [-0.15, -0.1) is 0 Å². The Balaban J connectivity index is 1.03. The van der Waals surface area contributed by atoms with Gasteiger partial charge in [0.2, 0.25) is 0 Å². The van der Waals surface area contributed by atoms with Gasteiger partial charge in [-0.05, 0) is 93.5 Å². The van der Waals surface area contributed by atoms with E-state index in [1.54, 1.807) is 0 Å². The molecule has 1 aromatic heterocycles. The SMILES string of the molecule is C1=CC2c3ccc(-c4cccc(-c5cccc(-c6ccc7c8ccccc8n(-c8ccccc8)c7c6)c5)c4)cc3N(c3ccccc3)C2C=C1. The summed E-state index contributed by atoms with van der Waals surface area (Å²) in [6.07, 6.45) is 9.05. The van der Waals surface area contributed by atoms with Gasteiger partial charge in [-0.25, -0.2) is 0 Å². The van der Waals surface area contributed by atoms with Crippen molar-refractivity contribution in [1.29, 1.82) is 0 Å². The van der Waals surface area contributed by atoms with E-state index >= 15 is 0 Å². The predicted molar refractivity (Wildman–Crippen MR) is 210 cm³/mol. The Bertz CT molecular complexity index is 2610. The van der Waals surface area contributed by atoms with Crippen LogP contribution in [0.5, 0.6) is 0 Å². The summed E-state index contributed by atoms with van der Waals surface area (Å²) < 4.78 is 2.39. The zero-order valence-electron chi connectivity index (χ0n) is 27.5. The van der Waals surface area contributed by atoms with Gasteiger partial charge in [0.15, 0.2) is 0 Å². The zero-order valence-corrected chi connectivity index (χ0v) is 27.5. The molecule has 2 heterocycles. The summed E-state index contributed by atoms with van der Waals surface area (Å²) in [6, 6.07) is 62.4. The normalized spacial score (nSPS) is 16.2. The van der Waals surface area contributed by atoms with Crippen LogP contribution in [0.1, 0.15) is 11.5 Å². The number of rotatable bonds is 5. The summed E-state index contributed by atoms with van der Waals surface area (Å²) in [6.45, 7) is 0. The van der Waals surface area contributed by atoms with Crippen LogP contribution in [0.3, 0.4) is 0 Å². The van der Waals surface area contributed by atoms with Crippen molar-refractivity contribution in [3.05, 3.63) is 200 Å². The standard InChI is InChI=1S/C48H34N2/c1-3-17-39(18-4-1)49-45-23-9-7-21-41(45)43-27-25-37(31-47(43)49)35-15-11-13-33(29-35)34-14-12-16-36(30-34)38-26-28-44-42-22-8-10-24-46(42)50(48(44)32-38)40-19-5-2-6-20-40/h1-32,41,45H. The first-order valence-electron chi connectivity index (χ1n) is 17.4. The molecule has 0 spiro atoms. The van der Waals surface area contributed by atoms with Crippen LogP contribution >= 0.6 is 0 Å². The second-order valence-electron chi connectivity index (χ2n) is 13.3. The molecule has 2 nitrogen and oxygen atoms in total. The largest absolute Gasteiger partial charge is 0.333 e. The first kappa shape index (κ1) is 28.6. The molecule has 1 aliphatic heterocycles. The molecule has 2 heteroatoms. The molecule has 2 aliphatic rings. The molecule has 2 unspecified atom stereocenters. The molecule has 0 amide bonds. The molecule has 0 N–H and O–H groups in total. The molecule has 0 bridgehead atoms. The van der Waals surface area contributed by atoms with Crippen LogP contribution < -0.4 is 4.90 Å². The van der Waals surface area contributed by atoms with Gasteiger partial charge in [0.1, 0.15) is 0 Å².